The van der Waals surface area contributed by atoms with Crippen LogP contribution in [0.5, 0.6) is 0 Å². The van der Waals surface area contributed by atoms with Crippen molar-refractivity contribution < 1.29 is 4.79 Å². The lowest BCUT2D eigenvalue weighted by Gasteiger charge is -2.03. The van der Waals surface area contributed by atoms with Crippen LogP contribution in [0, 0.1) is 6.92 Å². The van der Waals surface area contributed by atoms with Gasteiger partial charge in [0, 0.05) is 25.5 Å². The van der Waals surface area contributed by atoms with Crippen molar-refractivity contribution in [3.05, 3.63) is 45.7 Å². The lowest BCUT2D eigenvalue weighted by molar-refractivity contribution is 0.0954. The zero-order valence-corrected chi connectivity index (χ0v) is 10.8. The van der Waals surface area contributed by atoms with E-state index in [1.165, 1.54) is 11.3 Å². The molecule has 0 aliphatic carbocycles. The Morgan fingerprint density at radius 1 is 1.44 bits per heavy atom. The number of thiazole rings is 1. The molecule has 0 aliphatic heterocycles. The van der Waals surface area contributed by atoms with Crippen LogP contribution in [0.3, 0.4) is 0 Å². The molecule has 2 rings (SSSR count). The number of aryl methyl sites for hydroxylation is 1. The first-order valence-electron chi connectivity index (χ1n) is 5.54. The number of carbonyl (C=O) groups excluding carboxylic acids is 1. The van der Waals surface area contributed by atoms with Crippen LogP contribution in [-0.2, 0) is 13.1 Å². The third-order valence-corrected chi connectivity index (χ3v) is 3.60. The number of rotatable bonds is 4. The van der Waals surface area contributed by atoms with Gasteiger partial charge >= 0.3 is 0 Å². The van der Waals surface area contributed by atoms with Crippen molar-refractivity contribution in [1.82, 2.24) is 15.3 Å². The monoisotopic (exact) mass is 262 g/mol. The second-order valence-corrected chi connectivity index (χ2v) is 4.85. The number of nitrogens with one attached hydrogen (secondary N) is 1. The number of hydrogen-bond acceptors (Lipinski definition) is 5. The average molecular weight is 262 g/mol. The van der Waals surface area contributed by atoms with Crippen LogP contribution >= 0.6 is 11.3 Å². The molecule has 0 radical (unpaired) electrons. The molecule has 0 aliphatic rings. The van der Waals surface area contributed by atoms with Crippen LogP contribution in [0.15, 0.2) is 24.5 Å². The first-order valence-corrected chi connectivity index (χ1v) is 6.36. The van der Waals surface area contributed by atoms with Gasteiger partial charge in [0.1, 0.15) is 9.88 Å². The van der Waals surface area contributed by atoms with Crippen molar-refractivity contribution in [3.8, 4) is 0 Å². The Balaban J connectivity index is 2.01. The van der Waals surface area contributed by atoms with Crippen LogP contribution in [0.4, 0.5) is 0 Å². The fourth-order valence-corrected chi connectivity index (χ4v) is 2.37. The van der Waals surface area contributed by atoms with Gasteiger partial charge in [-0.15, -0.1) is 11.3 Å². The summed E-state index contributed by atoms with van der Waals surface area (Å²) in [5.74, 6) is -0.110. The SMILES string of the molecule is Cc1nc(CN)sc1C(=O)NCc1ccncc1. The lowest BCUT2D eigenvalue weighted by Crippen LogP contribution is -2.22. The van der Waals surface area contributed by atoms with E-state index in [2.05, 4.69) is 15.3 Å². The third-order valence-electron chi connectivity index (χ3n) is 2.42. The van der Waals surface area contributed by atoms with E-state index in [4.69, 9.17) is 5.73 Å². The molecule has 2 aromatic rings. The van der Waals surface area contributed by atoms with Gasteiger partial charge in [-0.3, -0.25) is 9.78 Å². The van der Waals surface area contributed by atoms with Gasteiger partial charge in [-0.2, -0.15) is 0 Å². The molecule has 0 saturated carbocycles. The van der Waals surface area contributed by atoms with E-state index in [0.29, 0.717) is 18.0 Å². The van der Waals surface area contributed by atoms with Crippen LogP contribution in [0.2, 0.25) is 0 Å². The normalized spacial score (nSPS) is 10.3. The third kappa shape index (κ3) is 2.91. The highest BCUT2D eigenvalue weighted by molar-refractivity contribution is 7.13. The van der Waals surface area contributed by atoms with Crippen LogP contribution in [0.1, 0.15) is 25.9 Å². The average Bonchev–Trinajstić information content (AvgIpc) is 2.78. The van der Waals surface area contributed by atoms with Gasteiger partial charge in [-0.05, 0) is 24.6 Å². The Morgan fingerprint density at radius 3 is 2.78 bits per heavy atom. The smallest absolute Gasteiger partial charge is 0.263 e. The van der Waals surface area contributed by atoms with Crippen LogP contribution in [0.25, 0.3) is 0 Å². The highest BCUT2D eigenvalue weighted by Gasteiger charge is 2.14. The second kappa shape index (κ2) is 5.70. The number of nitrogens with zero attached hydrogens (tertiary/aromatic N) is 2. The number of aromatic nitrogens is 2. The first kappa shape index (κ1) is 12.7. The molecular formula is C12H14N4OS. The topological polar surface area (TPSA) is 80.9 Å². The maximum Gasteiger partial charge on any atom is 0.263 e. The van der Waals surface area contributed by atoms with E-state index in [-0.39, 0.29) is 5.91 Å². The number of amides is 1. The number of nitrogens with two attached hydrogens (primary N) is 1. The van der Waals surface area contributed by atoms with Crippen LogP contribution < -0.4 is 11.1 Å². The molecule has 0 saturated heterocycles. The van der Waals surface area contributed by atoms with Crippen molar-refractivity contribution in [3.63, 3.8) is 0 Å². The van der Waals surface area contributed by atoms with E-state index in [1.807, 2.05) is 19.1 Å². The van der Waals surface area contributed by atoms with E-state index >= 15 is 0 Å². The summed E-state index contributed by atoms with van der Waals surface area (Å²) in [6, 6.07) is 3.73. The predicted molar refractivity (Wildman–Crippen MR) is 70.1 cm³/mol. The molecule has 5 nitrogen and oxygen atoms in total. The predicted octanol–water partition coefficient (Wildman–Crippen LogP) is 1.24. The van der Waals surface area contributed by atoms with Crippen molar-refractivity contribution in [2.45, 2.75) is 20.0 Å². The van der Waals surface area contributed by atoms with Gasteiger partial charge < -0.3 is 11.1 Å². The summed E-state index contributed by atoms with van der Waals surface area (Å²) in [4.78, 5) is 20.8. The molecular weight excluding hydrogens is 248 g/mol. The minimum absolute atomic E-state index is 0.110. The second-order valence-electron chi connectivity index (χ2n) is 3.76. The Bertz CT molecular complexity index is 538. The van der Waals surface area contributed by atoms with Gasteiger partial charge in [0.2, 0.25) is 0 Å². The molecule has 0 unspecified atom stereocenters. The molecule has 18 heavy (non-hydrogen) atoms. The highest BCUT2D eigenvalue weighted by Crippen LogP contribution is 2.17. The van der Waals surface area contributed by atoms with Crippen molar-refractivity contribution in [1.29, 1.82) is 0 Å². The maximum atomic E-state index is 12.0. The lowest BCUT2D eigenvalue weighted by atomic mass is 10.2. The zero-order valence-electron chi connectivity index (χ0n) is 10.0. The number of pyridine rings is 1. The fourth-order valence-electron chi connectivity index (χ4n) is 1.51. The molecule has 0 bridgehead atoms. The molecule has 2 aromatic heterocycles. The highest BCUT2D eigenvalue weighted by atomic mass is 32.1. The Labute approximate surface area is 109 Å². The minimum Gasteiger partial charge on any atom is -0.347 e. The van der Waals surface area contributed by atoms with E-state index < -0.39 is 0 Å². The van der Waals surface area contributed by atoms with Crippen LogP contribution in [-0.4, -0.2) is 15.9 Å². The fraction of sp³-hybridized carbons (Fsp3) is 0.250. The van der Waals surface area contributed by atoms with Gasteiger partial charge in [-0.1, -0.05) is 0 Å². The Morgan fingerprint density at radius 2 is 2.17 bits per heavy atom. The molecule has 1 amide bonds. The summed E-state index contributed by atoms with van der Waals surface area (Å²) >= 11 is 1.34. The van der Waals surface area contributed by atoms with E-state index in [1.54, 1.807) is 12.4 Å². The van der Waals surface area contributed by atoms with Gasteiger partial charge in [0.15, 0.2) is 0 Å². The zero-order chi connectivity index (χ0) is 13.0. The minimum atomic E-state index is -0.110. The molecule has 0 atom stereocenters. The van der Waals surface area contributed by atoms with E-state index in [0.717, 1.165) is 16.3 Å². The first-order chi connectivity index (χ1) is 8.70. The summed E-state index contributed by atoms with van der Waals surface area (Å²) in [7, 11) is 0. The summed E-state index contributed by atoms with van der Waals surface area (Å²) in [6.45, 7) is 2.66. The number of hydrogen-bond donors (Lipinski definition) is 2. The summed E-state index contributed by atoms with van der Waals surface area (Å²) in [5, 5.41) is 3.64. The van der Waals surface area contributed by atoms with Crippen molar-refractivity contribution in [2.75, 3.05) is 0 Å². The molecule has 3 N–H and O–H groups in total. The quantitative estimate of drug-likeness (QED) is 0.868. The maximum absolute atomic E-state index is 12.0. The number of carbonyl (C=O) groups is 1. The molecule has 94 valence electrons. The van der Waals surface area contributed by atoms with Crippen molar-refractivity contribution >= 4 is 17.2 Å². The Hall–Kier alpha value is -1.79. The van der Waals surface area contributed by atoms with Gasteiger partial charge in [0.25, 0.3) is 5.91 Å². The van der Waals surface area contributed by atoms with E-state index in [9.17, 15) is 4.79 Å². The standard InChI is InChI=1S/C12H14N4OS/c1-8-11(18-10(6-13)16-8)12(17)15-7-9-2-4-14-5-3-9/h2-5H,6-7,13H2,1H3,(H,15,17). The summed E-state index contributed by atoms with van der Waals surface area (Å²) < 4.78 is 0. The molecule has 6 heteroatoms. The molecule has 0 spiro atoms. The van der Waals surface area contributed by atoms with Gasteiger partial charge in [-0.25, -0.2) is 4.98 Å². The summed E-state index contributed by atoms with van der Waals surface area (Å²) in [5.41, 5.74) is 7.25. The molecule has 0 aromatic carbocycles. The van der Waals surface area contributed by atoms with Crippen molar-refractivity contribution in [2.24, 2.45) is 5.73 Å². The molecule has 0 fully saturated rings. The largest absolute Gasteiger partial charge is 0.347 e. The Kier molecular flexibility index (Phi) is 4.01. The van der Waals surface area contributed by atoms with Gasteiger partial charge in [0.05, 0.1) is 5.69 Å². The molecule has 2 heterocycles. The summed E-state index contributed by atoms with van der Waals surface area (Å²) in [6.07, 6.45) is 3.40.